The lowest BCUT2D eigenvalue weighted by atomic mass is 10.0. The second kappa shape index (κ2) is 9.40. The molecule has 0 radical (unpaired) electrons. The summed E-state index contributed by atoms with van der Waals surface area (Å²) in [7, 11) is 0. The number of ketones is 1. The molecule has 6 heteroatoms. The van der Waals surface area contributed by atoms with Crippen molar-refractivity contribution in [3.63, 3.8) is 0 Å². The number of likely N-dealkylation sites (tertiary alicyclic amines) is 1. The van der Waals surface area contributed by atoms with Crippen LogP contribution in [0.4, 0.5) is 0 Å². The number of piperidine rings is 1. The summed E-state index contributed by atoms with van der Waals surface area (Å²) < 4.78 is 5.38. The van der Waals surface area contributed by atoms with Crippen molar-refractivity contribution in [2.24, 2.45) is 5.11 Å². The summed E-state index contributed by atoms with van der Waals surface area (Å²) >= 11 is 0. The molecular formula is C13H20N4O2. The highest BCUT2D eigenvalue weighted by Crippen LogP contribution is 2.17. The number of rotatable bonds is 8. The Balaban J connectivity index is 2.36. The second-order valence-corrected chi connectivity index (χ2v) is 4.58. The zero-order chi connectivity index (χ0) is 13.9. The molecule has 0 aromatic rings. The molecule has 0 aromatic heterocycles. The van der Waals surface area contributed by atoms with E-state index in [0.29, 0.717) is 26.2 Å². The predicted octanol–water partition coefficient (Wildman–Crippen LogP) is 1.76. The van der Waals surface area contributed by atoms with Crippen molar-refractivity contribution in [3.8, 4) is 12.3 Å². The number of nitrogens with zero attached hydrogens (tertiary/aromatic N) is 4. The molecule has 1 unspecified atom stereocenters. The molecule has 0 amide bonds. The van der Waals surface area contributed by atoms with Gasteiger partial charge in [-0.2, -0.15) is 0 Å². The van der Waals surface area contributed by atoms with E-state index in [4.69, 9.17) is 16.7 Å². The van der Waals surface area contributed by atoms with E-state index in [-0.39, 0.29) is 18.4 Å². The first-order chi connectivity index (χ1) is 9.27. The first-order valence-electron chi connectivity index (χ1n) is 6.55. The molecule has 6 nitrogen and oxygen atoms in total. The summed E-state index contributed by atoms with van der Waals surface area (Å²) in [6, 6.07) is 0.269. The lowest BCUT2D eigenvalue weighted by Crippen LogP contribution is -2.45. The Kier molecular flexibility index (Phi) is 7.68. The van der Waals surface area contributed by atoms with Crippen LogP contribution in [0.5, 0.6) is 0 Å². The molecule has 104 valence electrons. The Labute approximate surface area is 113 Å². The maximum absolute atomic E-state index is 11.8. The highest BCUT2D eigenvalue weighted by Gasteiger charge is 2.23. The van der Waals surface area contributed by atoms with Crippen molar-refractivity contribution in [2.75, 3.05) is 32.8 Å². The van der Waals surface area contributed by atoms with Gasteiger partial charge in [0.05, 0.1) is 13.2 Å². The number of carbonyl (C=O) groups excluding carboxylic acids is 1. The first kappa shape index (κ1) is 15.5. The van der Waals surface area contributed by atoms with E-state index in [2.05, 4.69) is 20.8 Å². The monoisotopic (exact) mass is 264 g/mol. The average molecular weight is 264 g/mol. The Morgan fingerprint density at radius 1 is 1.58 bits per heavy atom. The van der Waals surface area contributed by atoms with Gasteiger partial charge in [0.2, 0.25) is 0 Å². The van der Waals surface area contributed by atoms with Gasteiger partial charge in [-0.05, 0) is 24.9 Å². The fourth-order valence-corrected chi connectivity index (χ4v) is 2.24. The molecule has 1 aliphatic rings. The lowest BCUT2D eigenvalue weighted by molar-refractivity contribution is -0.121. The third-order valence-electron chi connectivity index (χ3n) is 3.18. The Bertz CT molecular complexity index is 371. The molecule has 1 atom stereocenters. The average Bonchev–Trinajstić information content (AvgIpc) is 2.41. The molecule has 1 fully saturated rings. The molecule has 1 aliphatic heterocycles. The van der Waals surface area contributed by atoms with Gasteiger partial charge in [-0.3, -0.25) is 9.69 Å². The molecular weight excluding hydrogens is 244 g/mol. The van der Waals surface area contributed by atoms with E-state index in [0.717, 1.165) is 25.8 Å². The van der Waals surface area contributed by atoms with Crippen LogP contribution in [0.25, 0.3) is 10.4 Å². The SMILES string of the molecule is C#CCOCC1CCCCN1CC(=O)CCN=[N+]=[N-]. The third-order valence-corrected chi connectivity index (χ3v) is 3.18. The van der Waals surface area contributed by atoms with E-state index < -0.39 is 0 Å². The van der Waals surface area contributed by atoms with Crippen LogP contribution in [0.15, 0.2) is 5.11 Å². The second-order valence-electron chi connectivity index (χ2n) is 4.58. The molecule has 1 rings (SSSR count). The minimum atomic E-state index is 0.108. The number of Topliss-reactive ketones (excluding diaryl/α,β-unsaturated/α-hetero) is 1. The molecule has 0 spiro atoms. The van der Waals surface area contributed by atoms with E-state index in [9.17, 15) is 4.79 Å². The van der Waals surface area contributed by atoms with Gasteiger partial charge < -0.3 is 4.74 Å². The minimum absolute atomic E-state index is 0.108. The van der Waals surface area contributed by atoms with Gasteiger partial charge in [-0.15, -0.1) is 6.42 Å². The van der Waals surface area contributed by atoms with E-state index in [1.807, 2.05) is 0 Å². The van der Waals surface area contributed by atoms with Gasteiger partial charge in [0, 0.05) is 23.9 Å². The molecule has 19 heavy (non-hydrogen) atoms. The fourth-order valence-electron chi connectivity index (χ4n) is 2.24. The van der Waals surface area contributed by atoms with Crippen molar-refractivity contribution in [1.29, 1.82) is 0 Å². The van der Waals surface area contributed by atoms with Gasteiger partial charge >= 0.3 is 0 Å². The number of terminal acetylenes is 1. The summed E-state index contributed by atoms with van der Waals surface area (Å²) in [5.74, 6) is 2.55. The number of ether oxygens (including phenoxy) is 1. The summed E-state index contributed by atoms with van der Waals surface area (Å²) in [5.41, 5.74) is 8.17. The van der Waals surface area contributed by atoms with Crippen molar-refractivity contribution in [3.05, 3.63) is 10.4 Å². The van der Waals surface area contributed by atoms with Crippen molar-refractivity contribution in [2.45, 2.75) is 31.7 Å². The molecule has 1 saturated heterocycles. The molecule has 0 saturated carbocycles. The normalized spacial score (nSPS) is 19.4. The Morgan fingerprint density at radius 2 is 2.42 bits per heavy atom. The maximum atomic E-state index is 11.8. The first-order valence-corrected chi connectivity index (χ1v) is 6.55. The summed E-state index contributed by atoms with van der Waals surface area (Å²) in [6.45, 7) is 2.45. The number of hydrogen-bond donors (Lipinski definition) is 0. The van der Waals surface area contributed by atoms with Crippen LogP contribution in [0, 0.1) is 12.3 Å². The van der Waals surface area contributed by atoms with Gasteiger partial charge in [-0.25, -0.2) is 0 Å². The zero-order valence-electron chi connectivity index (χ0n) is 11.1. The highest BCUT2D eigenvalue weighted by atomic mass is 16.5. The van der Waals surface area contributed by atoms with E-state index >= 15 is 0 Å². The van der Waals surface area contributed by atoms with E-state index in [1.54, 1.807) is 0 Å². The van der Waals surface area contributed by atoms with Crippen molar-refractivity contribution in [1.82, 2.24) is 4.90 Å². The van der Waals surface area contributed by atoms with Crippen molar-refractivity contribution < 1.29 is 9.53 Å². The molecule has 0 N–H and O–H groups in total. The van der Waals surface area contributed by atoms with Gasteiger partial charge in [0.1, 0.15) is 12.4 Å². The zero-order valence-corrected chi connectivity index (χ0v) is 11.1. The topological polar surface area (TPSA) is 78.3 Å². The predicted molar refractivity (Wildman–Crippen MR) is 72.5 cm³/mol. The van der Waals surface area contributed by atoms with E-state index in [1.165, 1.54) is 0 Å². The van der Waals surface area contributed by atoms with Crippen LogP contribution in [0.2, 0.25) is 0 Å². The quantitative estimate of drug-likeness (QED) is 0.220. The van der Waals surface area contributed by atoms with Crippen LogP contribution >= 0.6 is 0 Å². The van der Waals surface area contributed by atoms with Gasteiger partial charge in [0.25, 0.3) is 0 Å². The fraction of sp³-hybridized carbons (Fsp3) is 0.769. The van der Waals surface area contributed by atoms with Gasteiger partial charge in [-0.1, -0.05) is 17.5 Å². The summed E-state index contributed by atoms with van der Waals surface area (Å²) in [4.78, 5) is 16.6. The van der Waals surface area contributed by atoms with Crippen molar-refractivity contribution >= 4 is 5.78 Å². The number of hydrogen-bond acceptors (Lipinski definition) is 4. The minimum Gasteiger partial charge on any atom is -0.367 e. The van der Waals surface area contributed by atoms with Crippen LogP contribution in [-0.4, -0.2) is 49.6 Å². The number of azide groups is 1. The smallest absolute Gasteiger partial charge is 0.146 e. The summed E-state index contributed by atoms with van der Waals surface area (Å²) in [5, 5.41) is 3.38. The highest BCUT2D eigenvalue weighted by molar-refractivity contribution is 5.80. The molecule has 0 aromatic carbocycles. The van der Waals surface area contributed by atoms with Crippen LogP contribution < -0.4 is 0 Å². The summed E-state index contributed by atoms with van der Waals surface area (Å²) in [6.07, 6.45) is 8.75. The van der Waals surface area contributed by atoms with Crippen LogP contribution in [0.3, 0.4) is 0 Å². The largest absolute Gasteiger partial charge is 0.367 e. The molecule has 0 aliphatic carbocycles. The molecule has 1 heterocycles. The van der Waals surface area contributed by atoms with Crippen LogP contribution in [0.1, 0.15) is 25.7 Å². The molecule has 0 bridgehead atoms. The van der Waals surface area contributed by atoms with Crippen LogP contribution in [-0.2, 0) is 9.53 Å². The van der Waals surface area contributed by atoms with Gasteiger partial charge in [0.15, 0.2) is 0 Å². The standard InChI is InChI=1S/C13H20N4O2/c1-2-9-19-11-12-5-3-4-8-17(12)10-13(18)6-7-15-16-14/h1,12H,3-11H2. The Morgan fingerprint density at radius 3 is 3.16 bits per heavy atom. The Hall–Kier alpha value is -1.54. The number of carbonyl (C=O) groups is 1. The third kappa shape index (κ3) is 6.25. The lowest BCUT2D eigenvalue weighted by Gasteiger charge is -2.34. The maximum Gasteiger partial charge on any atom is 0.146 e.